The minimum Gasteiger partial charge on any atom is -0.494 e. The molecular weight excluding hydrogens is 620 g/mol. The lowest BCUT2D eigenvalue weighted by molar-refractivity contribution is -0.133. The number of carbonyl (C=O) groups is 2. The van der Waals surface area contributed by atoms with Crippen LogP contribution < -0.4 is 21.1 Å². The van der Waals surface area contributed by atoms with E-state index in [1.807, 2.05) is 0 Å². The molecule has 4 aromatic rings. The molecule has 5 rings (SSSR count). The molecule has 2 atom stereocenters. The van der Waals surface area contributed by atoms with Gasteiger partial charge in [0, 0.05) is 41.1 Å². The summed E-state index contributed by atoms with van der Waals surface area (Å²) in [5, 5.41) is 15.2. The molecule has 2 amide bonds. The average molecular weight is 654 g/mol. The lowest BCUT2D eigenvalue weighted by atomic mass is 10.00. The smallest absolute Gasteiger partial charge is 0.409 e. The van der Waals surface area contributed by atoms with Gasteiger partial charge in [-0.05, 0) is 86.2 Å². The normalized spacial score (nSPS) is 15.6. The van der Waals surface area contributed by atoms with Crippen molar-refractivity contribution in [3.8, 4) is 5.75 Å². The van der Waals surface area contributed by atoms with Crippen molar-refractivity contribution in [3.05, 3.63) is 83.6 Å². The summed E-state index contributed by atoms with van der Waals surface area (Å²) in [6.07, 6.45) is 1.02. The van der Waals surface area contributed by atoms with Crippen molar-refractivity contribution >= 4 is 49.8 Å². The summed E-state index contributed by atoms with van der Waals surface area (Å²) < 4.78 is 61.9. The van der Waals surface area contributed by atoms with Gasteiger partial charge < -0.3 is 25.8 Å². The van der Waals surface area contributed by atoms with Crippen molar-refractivity contribution in [2.24, 2.45) is 0 Å². The van der Waals surface area contributed by atoms with Gasteiger partial charge >= 0.3 is 6.09 Å². The van der Waals surface area contributed by atoms with Crippen LogP contribution in [0, 0.1) is 11.6 Å². The predicted octanol–water partition coefficient (Wildman–Crippen LogP) is 5.89. The van der Waals surface area contributed by atoms with Crippen molar-refractivity contribution in [3.63, 3.8) is 0 Å². The molecule has 0 bridgehead atoms. The minimum absolute atomic E-state index is 0.0389. The molecule has 1 aliphatic heterocycles. The quantitative estimate of drug-likeness (QED) is 0.172. The summed E-state index contributed by atoms with van der Waals surface area (Å²) in [6, 6.07) is 10.4. The molecule has 0 radical (unpaired) electrons. The van der Waals surface area contributed by atoms with Crippen LogP contribution >= 0.6 is 0 Å². The van der Waals surface area contributed by atoms with Crippen LogP contribution in [0.15, 0.2) is 65.7 Å². The summed E-state index contributed by atoms with van der Waals surface area (Å²) in [4.78, 5) is 31.4. The Morgan fingerprint density at radius 2 is 1.80 bits per heavy atom. The third-order valence-electron chi connectivity index (χ3n) is 8.02. The molecule has 1 saturated heterocycles. The number of hydrogen-bond donors (Lipinski definition) is 4. The minimum atomic E-state index is -3.87. The van der Waals surface area contributed by atoms with E-state index in [1.165, 1.54) is 50.3 Å². The Balaban J connectivity index is 1.62. The molecule has 5 N–H and O–H groups in total. The third-order valence-corrected chi connectivity index (χ3v) is 10.2. The lowest BCUT2D eigenvalue weighted by Gasteiger charge is -2.32. The summed E-state index contributed by atoms with van der Waals surface area (Å²) in [5.74, 6) is -2.53. The zero-order valence-electron chi connectivity index (χ0n) is 25.3. The molecule has 14 heteroatoms. The largest absolute Gasteiger partial charge is 0.494 e. The Hall–Kier alpha value is -4.98. The molecule has 11 nitrogen and oxygen atoms in total. The number of carbonyl (C=O) groups excluding carboxylic acids is 1. The van der Waals surface area contributed by atoms with Gasteiger partial charge in [-0.25, -0.2) is 27.0 Å². The molecule has 46 heavy (non-hydrogen) atoms. The van der Waals surface area contributed by atoms with Gasteiger partial charge in [-0.1, -0.05) is 0 Å². The van der Waals surface area contributed by atoms with E-state index in [-0.39, 0.29) is 34.0 Å². The van der Waals surface area contributed by atoms with Gasteiger partial charge in [-0.15, -0.1) is 0 Å². The second kappa shape index (κ2) is 12.8. The molecule has 0 unspecified atom stereocenters. The number of nitrogens with two attached hydrogens (primary N) is 1. The Morgan fingerprint density at radius 3 is 2.50 bits per heavy atom. The van der Waals surface area contributed by atoms with E-state index >= 15 is 4.39 Å². The molecule has 0 spiro atoms. The van der Waals surface area contributed by atoms with E-state index in [9.17, 15) is 27.5 Å². The molecule has 1 aromatic heterocycles. The summed E-state index contributed by atoms with van der Waals surface area (Å²) in [7, 11) is -2.65. The van der Waals surface area contributed by atoms with Gasteiger partial charge in [0.2, 0.25) is 5.91 Å². The lowest BCUT2D eigenvalue weighted by Crippen LogP contribution is -2.38. The highest BCUT2D eigenvalue weighted by molar-refractivity contribution is 7.92. The molecule has 1 fully saturated rings. The first kappa shape index (κ1) is 32.4. The van der Waals surface area contributed by atoms with Crippen molar-refractivity contribution in [2.75, 3.05) is 30.0 Å². The second-order valence-corrected chi connectivity index (χ2v) is 13.7. The van der Waals surface area contributed by atoms with Crippen molar-refractivity contribution in [2.45, 2.75) is 48.9 Å². The maximum atomic E-state index is 15.5. The summed E-state index contributed by atoms with van der Waals surface area (Å²) in [5.41, 5.74) is 6.58. The SMILES string of the molecule is COc1cc([C@@H](Nc2ccc3c(N)nccc3c2)C(=O)N2CCC[C@@H]2c2cc(NC(=O)O)ccc2S(=O)(=O)C(C)C)c(F)cc1F. The number of amides is 2. The number of benzene rings is 3. The van der Waals surface area contributed by atoms with Crippen LogP contribution in [0.5, 0.6) is 5.75 Å². The van der Waals surface area contributed by atoms with Crippen LogP contribution in [0.4, 0.5) is 30.8 Å². The zero-order valence-corrected chi connectivity index (χ0v) is 26.1. The van der Waals surface area contributed by atoms with Crippen LogP contribution in [0.3, 0.4) is 0 Å². The Morgan fingerprint density at radius 1 is 1.07 bits per heavy atom. The Kier molecular flexibility index (Phi) is 9.01. The fourth-order valence-corrected chi connectivity index (χ4v) is 6.98. The van der Waals surface area contributed by atoms with E-state index < -0.39 is 50.8 Å². The molecule has 0 aliphatic carbocycles. The molecule has 3 aromatic carbocycles. The van der Waals surface area contributed by atoms with Crippen molar-refractivity contribution in [1.29, 1.82) is 0 Å². The standard InChI is InChI=1S/C32H33F2N5O6S/c1-17(2)46(43,44)28-9-7-20(38-32(41)42)14-23(28)26-5-4-12-39(26)31(40)29(22-15-27(45-3)25(34)16-24(22)33)37-19-6-8-21-18(13-19)10-11-36-30(21)35/h6-11,13-17,26,29,37-38H,4-5,12H2,1-3H3,(H2,35,36)(H,41,42)/t26-,29-/m1/s1. The number of rotatable bonds is 9. The fourth-order valence-electron chi connectivity index (χ4n) is 5.70. The van der Waals surface area contributed by atoms with Gasteiger partial charge in [0.05, 0.1) is 23.3 Å². The van der Waals surface area contributed by atoms with E-state index in [0.29, 0.717) is 41.2 Å². The van der Waals surface area contributed by atoms with Crippen molar-refractivity contribution in [1.82, 2.24) is 9.88 Å². The Bertz CT molecular complexity index is 1940. The highest BCUT2D eigenvalue weighted by atomic mass is 32.2. The monoisotopic (exact) mass is 653 g/mol. The zero-order chi connectivity index (χ0) is 33.3. The number of sulfone groups is 1. The third kappa shape index (κ3) is 6.25. The summed E-state index contributed by atoms with van der Waals surface area (Å²) in [6.45, 7) is 3.25. The van der Waals surface area contributed by atoms with Gasteiger partial charge in [0.1, 0.15) is 17.7 Å². The first-order valence-corrected chi connectivity index (χ1v) is 16.0. The first-order valence-electron chi connectivity index (χ1n) is 14.4. The number of likely N-dealkylation sites (tertiary alicyclic amines) is 1. The molecule has 1 aliphatic rings. The Labute approximate surface area is 264 Å². The van der Waals surface area contributed by atoms with Crippen LogP contribution in [0.2, 0.25) is 0 Å². The maximum absolute atomic E-state index is 15.5. The summed E-state index contributed by atoms with van der Waals surface area (Å²) >= 11 is 0. The van der Waals surface area contributed by atoms with Crippen LogP contribution in [-0.2, 0) is 14.6 Å². The van der Waals surface area contributed by atoms with Crippen LogP contribution in [0.25, 0.3) is 10.8 Å². The first-order chi connectivity index (χ1) is 21.8. The van der Waals surface area contributed by atoms with Gasteiger partial charge in [-0.3, -0.25) is 10.1 Å². The predicted molar refractivity (Wildman–Crippen MR) is 170 cm³/mol. The van der Waals surface area contributed by atoms with Crippen molar-refractivity contribution < 1.29 is 36.6 Å². The number of halogens is 2. The number of carboxylic acid groups (broad SMARTS) is 1. The number of anilines is 3. The van der Waals surface area contributed by atoms with Gasteiger partial charge in [-0.2, -0.15) is 0 Å². The molecule has 2 heterocycles. The number of nitrogens with zero attached hydrogens (tertiary/aromatic N) is 2. The number of ether oxygens (including phenoxy) is 1. The van der Waals surface area contributed by atoms with Crippen LogP contribution in [-0.4, -0.2) is 54.3 Å². The van der Waals surface area contributed by atoms with Gasteiger partial charge in [0.25, 0.3) is 0 Å². The topological polar surface area (TPSA) is 164 Å². The number of fused-ring (bicyclic) bond motifs is 1. The average Bonchev–Trinajstić information content (AvgIpc) is 3.49. The van der Waals surface area contributed by atoms with Gasteiger partial charge in [0.15, 0.2) is 21.4 Å². The van der Waals surface area contributed by atoms with Crippen LogP contribution in [0.1, 0.15) is 49.9 Å². The highest BCUT2D eigenvalue weighted by Crippen LogP contribution is 2.41. The molecule has 242 valence electrons. The number of pyridine rings is 1. The maximum Gasteiger partial charge on any atom is 0.409 e. The van der Waals surface area contributed by atoms with E-state index in [1.54, 1.807) is 24.3 Å². The molecule has 0 saturated carbocycles. The van der Waals surface area contributed by atoms with E-state index in [2.05, 4.69) is 15.6 Å². The number of nitrogen functional groups attached to an aromatic ring is 1. The van der Waals surface area contributed by atoms with E-state index in [4.69, 9.17) is 10.5 Å². The van der Waals surface area contributed by atoms with E-state index in [0.717, 1.165) is 6.07 Å². The fraction of sp³-hybridized carbons (Fsp3) is 0.281. The highest BCUT2D eigenvalue weighted by Gasteiger charge is 2.39. The number of hydrogen-bond acceptors (Lipinski definition) is 8. The second-order valence-electron chi connectivity index (χ2n) is 11.2. The number of aromatic nitrogens is 1. The number of nitrogens with one attached hydrogen (secondary N) is 2. The number of methoxy groups -OCH3 is 1. The molecular formula is C32H33F2N5O6S.